The number of Topliss-reactive ketones (excluding diaryl/α,β-unsaturated/α-hetero) is 1. The van der Waals surface area contributed by atoms with Crippen molar-refractivity contribution in [3.8, 4) is 0 Å². The standard InChI is InChI=1S/C21H22O8/c1-9-7-14(28-19(9)24)26-8-12-15-17(27-10(2)22)11-5-6-13(23)21(3,4)16(11)18(15)29-20(12)25/h7-8,14-15,17-18H,5-6H2,1-4H3/t14-,15+,17-,18+/m1/s1. The molecule has 0 amide bonds. The van der Waals surface area contributed by atoms with Crippen LogP contribution in [-0.4, -0.2) is 42.2 Å². The Bertz CT molecular complexity index is 919. The first-order valence-electron chi connectivity index (χ1n) is 9.51. The number of cyclic esters (lactones) is 1. The van der Waals surface area contributed by atoms with Crippen LogP contribution >= 0.6 is 0 Å². The summed E-state index contributed by atoms with van der Waals surface area (Å²) in [5.41, 5.74) is 1.33. The molecular weight excluding hydrogens is 380 g/mol. The van der Waals surface area contributed by atoms with E-state index in [1.165, 1.54) is 19.3 Å². The topological polar surface area (TPSA) is 105 Å². The van der Waals surface area contributed by atoms with Gasteiger partial charge in [-0.2, -0.15) is 0 Å². The Balaban J connectivity index is 1.69. The summed E-state index contributed by atoms with van der Waals surface area (Å²) in [6.07, 6.45) is 1.18. The molecule has 2 heterocycles. The summed E-state index contributed by atoms with van der Waals surface area (Å²) in [6, 6.07) is 0. The van der Waals surface area contributed by atoms with Crippen molar-refractivity contribution in [2.45, 2.75) is 59.0 Å². The van der Waals surface area contributed by atoms with Gasteiger partial charge < -0.3 is 18.9 Å². The van der Waals surface area contributed by atoms with Gasteiger partial charge >= 0.3 is 17.9 Å². The highest BCUT2D eigenvalue weighted by molar-refractivity contribution is 5.95. The first-order valence-corrected chi connectivity index (χ1v) is 9.51. The summed E-state index contributed by atoms with van der Waals surface area (Å²) in [7, 11) is 0. The smallest absolute Gasteiger partial charge is 0.338 e. The number of ether oxygens (including phenoxy) is 4. The van der Waals surface area contributed by atoms with Gasteiger partial charge in [0.25, 0.3) is 6.29 Å². The van der Waals surface area contributed by atoms with Crippen LogP contribution in [0, 0.1) is 11.3 Å². The zero-order valence-electron chi connectivity index (χ0n) is 16.6. The zero-order chi connectivity index (χ0) is 21.1. The van der Waals surface area contributed by atoms with Crippen molar-refractivity contribution in [3.05, 3.63) is 34.6 Å². The van der Waals surface area contributed by atoms with E-state index in [1.54, 1.807) is 20.8 Å². The molecule has 4 atom stereocenters. The Morgan fingerprint density at radius 1 is 1.17 bits per heavy atom. The molecule has 0 radical (unpaired) electrons. The van der Waals surface area contributed by atoms with Gasteiger partial charge in [0.05, 0.1) is 17.8 Å². The molecule has 4 rings (SSSR count). The maximum Gasteiger partial charge on any atom is 0.338 e. The van der Waals surface area contributed by atoms with Crippen LogP contribution in [0.25, 0.3) is 0 Å². The van der Waals surface area contributed by atoms with Gasteiger partial charge in [-0.25, -0.2) is 9.59 Å². The number of carbonyl (C=O) groups is 4. The molecule has 0 aromatic heterocycles. The molecular formula is C21H22O8. The lowest BCUT2D eigenvalue weighted by Gasteiger charge is -2.33. The normalized spacial score (nSPS) is 33.9. The maximum absolute atomic E-state index is 12.6. The number of hydrogen-bond donors (Lipinski definition) is 0. The average Bonchev–Trinajstić information content (AvgIpc) is 3.21. The van der Waals surface area contributed by atoms with E-state index in [0.29, 0.717) is 24.0 Å². The monoisotopic (exact) mass is 402 g/mol. The molecule has 0 spiro atoms. The zero-order valence-corrected chi connectivity index (χ0v) is 16.6. The van der Waals surface area contributed by atoms with Crippen molar-refractivity contribution in [3.63, 3.8) is 0 Å². The van der Waals surface area contributed by atoms with Crippen molar-refractivity contribution in [2.75, 3.05) is 0 Å². The summed E-state index contributed by atoms with van der Waals surface area (Å²) in [6.45, 7) is 6.50. The molecule has 2 aliphatic carbocycles. The third kappa shape index (κ3) is 2.97. The van der Waals surface area contributed by atoms with Crippen LogP contribution in [0.15, 0.2) is 34.6 Å². The lowest BCUT2D eigenvalue weighted by molar-refractivity contribution is -0.152. The van der Waals surface area contributed by atoms with Gasteiger partial charge in [0, 0.05) is 30.4 Å². The summed E-state index contributed by atoms with van der Waals surface area (Å²) in [5.74, 6) is -2.13. The number of carbonyl (C=O) groups excluding carboxylic acids is 4. The van der Waals surface area contributed by atoms with E-state index in [2.05, 4.69) is 0 Å². The first-order chi connectivity index (χ1) is 13.6. The Kier molecular flexibility index (Phi) is 4.40. The van der Waals surface area contributed by atoms with Gasteiger partial charge in [0.2, 0.25) is 0 Å². The van der Waals surface area contributed by atoms with Gasteiger partial charge in [-0.05, 0) is 38.3 Å². The van der Waals surface area contributed by atoms with E-state index >= 15 is 0 Å². The summed E-state index contributed by atoms with van der Waals surface area (Å²) in [5, 5.41) is 0. The third-order valence-electron chi connectivity index (χ3n) is 6.00. The second kappa shape index (κ2) is 6.57. The number of hydrogen-bond acceptors (Lipinski definition) is 8. The highest BCUT2D eigenvalue weighted by Crippen LogP contribution is 2.54. The van der Waals surface area contributed by atoms with E-state index in [9.17, 15) is 19.2 Å². The molecule has 2 aliphatic heterocycles. The molecule has 8 nitrogen and oxygen atoms in total. The Morgan fingerprint density at radius 2 is 1.90 bits per heavy atom. The predicted octanol–water partition coefficient (Wildman–Crippen LogP) is 1.89. The molecule has 0 bridgehead atoms. The molecule has 8 heteroatoms. The Hall–Kier alpha value is -2.90. The van der Waals surface area contributed by atoms with Crippen molar-refractivity contribution in [1.29, 1.82) is 0 Å². The maximum atomic E-state index is 12.6. The van der Waals surface area contributed by atoms with Gasteiger partial charge in [0.15, 0.2) is 0 Å². The summed E-state index contributed by atoms with van der Waals surface area (Å²) < 4.78 is 21.7. The SMILES string of the molecule is CC(=O)O[C@@H]1C2=C([C@H]3OC(=O)C(=CO[C@H]4C=C(C)C(=O)O4)[C@@H]13)C(C)(C)C(=O)CC2. The third-order valence-corrected chi connectivity index (χ3v) is 6.00. The molecule has 1 saturated heterocycles. The van der Waals surface area contributed by atoms with Crippen molar-refractivity contribution in [2.24, 2.45) is 11.3 Å². The number of esters is 3. The fourth-order valence-electron chi connectivity index (χ4n) is 4.58. The molecule has 4 aliphatic rings. The minimum Gasteiger partial charge on any atom is -0.458 e. The molecule has 0 aromatic carbocycles. The average molecular weight is 402 g/mol. The van der Waals surface area contributed by atoms with Crippen LogP contribution in [0.2, 0.25) is 0 Å². The minimum atomic E-state index is -0.934. The summed E-state index contributed by atoms with van der Waals surface area (Å²) in [4.78, 5) is 48.4. The van der Waals surface area contributed by atoms with E-state index in [-0.39, 0.29) is 11.4 Å². The molecule has 0 aromatic rings. The lowest BCUT2D eigenvalue weighted by atomic mass is 9.71. The Morgan fingerprint density at radius 3 is 2.52 bits per heavy atom. The highest BCUT2D eigenvalue weighted by Gasteiger charge is 2.60. The molecule has 0 N–H and O–H groups in total. The number of fused-ring (bicyclic) bond motifs is 2. The lowest BCUT2D eigenvalue weighted by Crippen LogP contribution is -2.35. The van der Waals surface area contributed by atoms with Gasteiger partial charge in [-0.1, -0.05) is 0 Å². The highest BCUT2D eigenvalue weighted by atomic mass is 16.7. The quantitative estimate of drug-likeness (QED) is 0.232. The van der Waals surface area contributed by atoms with Gasteiger partial charge in [-0.3, -0.25) is 9.59 Å². The fraction of sp³-hybridized carbons (Fsp3) is 0.524. The predicted molar refractivity (Wildman–Crippen MR) is 96.8 cm³/mol. The molecule has 29 heavy (non-hydrogen) atoms. The number of rotatable bonds is 3. The van der Waals surface area contributed by atoms with Crippen LogP contribution in [0.1, 0.15) is 40.5 Å². The van der Waals surface area contributed by atoms with Crippen LogP contribution in [0.3, 0.4) is 0 Å². The minimum absolute atomic E-state index is 0.0571. The van der Waals surface area contributed by atoms with E-state index in [1.807, 2.05) is 0 Å². The van der Waals surface area contributed by atoms with Crippen LogP contribution < -0.4 is 0 Å². The van der Waals surface area contributed by atoms with Crippen LogP contribution in [0.5, 0.6) is 0 Å². The molecule has 0 saturated carbocycles. The first kappa shape index (κ1) is 19.4. The van der Waals surface area contributed by atoms with Gasteiger partial charge in [-0.15, -0.1) is 0 Å². The number of ketones is 1. The largest absolute Gasteiger partial charge is 0.458 e. The van der Waals surface area contributed by atoms with Crippen LogP contribution in [-0.2, 0) is 38.1 Å². The molecule has 0 unspecified atom stereocenters. The second-order valence-corrected chi connectivity index (χ2v) is 8.20. The summed E-state index contributed by atoms with van der Waals surface area (Å²) >= 11 is 0. The second-order valence-electron chi connectivity index (χ2n) is 8.20. The van der Waals surface area contributed by atoms with Gasteiger partial charge in [0.1, 0.15) is 18.0 Å². The fourth-order valence-corrected chi connectivity index (χ4v) is 4.58. The van der Waals surface area contributed by atoms with E-state index in [4.69, 9.17) is 18.9 Å². The van der Waals surface area contributed by atoms with Crippen molar-refractivity contribution in [1.82, 2.24) is 0 Å². The van der Waals surface area contributed by atoms with E-state index < -0.39 is 47.7 Å². The Labute approximate surface area is 167 Å². The molecule has 154 valence electrons. The van der Waals surface area contributed by atoms with Crippen molar-refractivity contribution >= 4 is 23.7 Å². The van der Waals surface area contributed by atoms with Crippen LogP contribution in [0.4, 0.5) is 0 Å². The van der Waals surface area contributed by atoms with E-state index in [0.717, 1.165) is 5.57 Å². The van der Waals surface area contributed by atoms with Crippen molar-refractivity contribution < 1.29 is 38.1 Å². The molecule has 1 fully saturated rings.